The summed E-state index contributed by atoms with van der Waals surface area (Å²) in [5.74, 6) is -0.820. The van der Waals surface area contributed by atoms with Crippen LogP contribution in [0.2, 0.25) is 0 Å². The molecule has 4 nitrogen and oxygen atoms in total. The van der Waals surface area contributed by atoms with Crippen molar-refractivity contribution >= 4 is 5.82 Å². The van der Waals surface area contributed by atoms with E-state index in [1.54, 1.807) is 18.2 Å². The van der Waals surface area contributed by atoms with E-state index in [9.17, 15) is 18.0 Å². The molecule has 94 valence electrons. The summed E-state index contributed by atoms with van der Waals surface area (Å²) in [5.41, 5.74) is 3.41. The number of aromatic nitrogens is 2. The van der Waals surface area contributed by atoms with Crippen LogP contribution in [0, 0.1) is 0 Å². The molecule has 1 aromatic carbocycles. The molecule has 7 heteroatoms. The first kappa shape index (κ1) is 12.2. The molecule has 1 heterocycles. The minimum absolute atomic E-state index is 0.292. The van der Waals surface area contributed by atoms with Crippen LogP contribution >= 0.6 is 0 Å². The Bertz CT molecular complexity index is 620. The van der Waals surface area contributed by atoms with Crippen LogP contribution in [0.25, 0.3) is 5.69 Å². The van der Waals surface area contributed by atoms with Crippen molar-refractivity contribution in [1.29, 1.82) is 0 Å². The second-order valence-electron chi connectivity index (χ2n) is 3.53. The predicted molar refractivity (Wildman–Crippen MR) is 59.2 cm³/mol. The molecular formula is C11H8F3N3O. The largest absolute Gasteiger partial charge is 0.421 e. The summed E-state index contributed by atoms with van der Waals surface area (Å²) in [6, 6.07) is 7.89. The van der Waals surface area contributed by atoms with Crippen molar-refractivity contribution in [3.05, 3.63) is 52.6 Å². The number of hydrogen-bond donors (Lipinski definition) is 1. The number of hydrogen-bond acceptors (Lipinski definition) is 3. The molecule has 18 heavy (non-hydrogen) atoms. The molecule has 0 saturated carbocycles. The topological polar surface area (TPSA) is 60.9 Å². The number of alkyl halides is 3. The van der Waals surface area contributed by atoms with Gasteiger partial charge in [0.05, 0.1) is 5.69 Å². The molecule has 0 unspecified atom stereocenters. The number of nitrogens with two attached hydrogens (primary N) is 1. The van der Waals surface area contributed by atoms with Crippen molar-refractivity contribution in [2.24, 2.45) is 0 Å². The summed E-state index contributed by atoms with van der Waals surface area (Å²) in [6.45, 7) is 0. The number of halogens is 3. The summed E-state index contributed by atoms with van der Waals surface area (Å²) in [6.07, 6.45) is -4.00. The van der Waals surface area contributed by atoms with Gasteiger partial charge in [-0.05, 0) is 12.1 Å². The average Bonchev–Trinajstić information content (AvgIpc) is 2.28. The number of nitrogens with zero attached hydrogens (tertiary/aromatic N) is 2. The van der Waals surface area contributed by atoms with Crippen molar-refractivity contribution in [2.75, 3.05) is 5.73 Å². The van der Waals surface area contributed by atoms with E-state index in [4.69, 9.17) is 5.73 Å². The van der Waals surface area contributed by atoms with Gasteiger partial charge in [-0.25, -0.2) is 4.79 Å². The molecule has 0 saturated heterocycles. The maximum absolute atomic E-state index is 12.6. The van der Waals surface area contributed by atoms with Crippen molar-refractivity contribution in [2.45, 2.75) is 6.18 Å². The molecule has 2 N–H and O–H groups in total. The third-order valence-corrected chi connectivity index (χ3v) is 2.30. The zero-order chi connectivity index (χ0) is 13.3. The minimum atomic E-state index is -4.65. The Labute approximate surface area is 99.5 Å². The third kappa shape index (κ3) is 2.20. The lowest BCUT2D eigenvalue weighted by molar-refractivity contribution is -0.137. The lowest BCUT2D eigenvalue weighted by Crippen LogP contribution is -2.26. The van der Waals surface area contributed by atoms with E-state index < -0.39 is 23.2 Å². The first-order valence-electron chi connectivity index (χ1n) is 4.91. The van der Waals surface area contributed by atoms with E-state index in [-0.39, 0.29) is 0 Å². The average molecular weight is 255 g/mol. The highest BCUT2D eigenvalue weighted by molar-refractivity contribution is 5.42. The fourth-order valence-corrected chi connectivity index (χ4v) is 1.46. The van der Waals surface area contributed by atoms with Crippen LogP contribution in [0.15, 0.2) is 41.3 Å². The van der Waals surface area contributed by atoms with Crippen LogP contribution in [-0.4, -0.2) is 9.55 Å². The molecular weight excluding hydrogens is 247 g/mol. The van der Waals surface area contributed by atoms with Gasteiger partial charge in [-0.1, -0.05) is 18.2 Å². The van der Waals surface area contributed by atoms with Gasteiger partial charge in [0.25, 0.3) is 0 Å². The fourth-order valence-electron chi connectivity index (χ4n) is 1.46. The monoisotopic (exact) mass is 255 g/mol. The first-order valence-corrected chi connectivity index (χ1v) is 4.91. The van der Waals surface area contributed by atoms with Crippen molar-refractivity contribution < 1.29 is 13.2 Å². The van der Waals surface area contributed by atoms with Crippen LogP contribution in [-0.2, 0) is 6.18 Å². The molecule has 0 amide bonds. The predicted octanol–water partition coefficient (Wildman–Crippen LogP) is 1.83. The molecule has 0 aliphatic carbocycles. The molecule has 0 fully saturated rings. The minimum Gasteiger partial charge on any atom is -0.383 e. The number of anilines is 1. The third-order valence-electron chi connectivity index (χ3n) is 2.30. The molecule has 0 aliphatic rings. The van der Waals surface area contributed by atoms with Crippen LogP contribution in [0.3, 0.4) is 0 Å². The quantitative estimate of drug-likeness (QED) is 0.845. The van der Waals surface area contributed by atoms with Gasteiger partial charge in [-0.3, -0.25) is 4.57 Å². The van der Waals surface area contributed by atoms with E-state index in [1.165, 1.54) is 12.1 Å². The summed E-state index contributed by atoms with van der Waals surface area (Å²) >= 11 is 0. The van der Waals surface area contributed by atoms with E-state index in [0.717, 1.165) is 4.57 Å². The number of benzene rings is 1. The van der Waals surface area contributed by atoms with E-state index in [1.807, 2.05) is 0 Å². The second kappa shape index (κ2) is 4.17. The van der Waals surface area contributed by atoms with Crippen molar-refractivity contribution in [1.82, 2.24) is 9.55 Å². The molecule has 0 spiro atoms. The highest BCUT2D eigenvalue weighted by Crippen LogP contribution is 2.31. The molecule has 2 rings (SSSR count). The van der Waals surface area contributed by atoms with Gasteiger partial charge in [-0.15, -0.1) is 0 Å². The summed E-state index contributed by atoms with van der Waals surface area (Å²) < 4.78 is 38.7. The molecule has 0 radical (unpaired) electrons. The van der Waals surface area contributed by atoms with Crippen molar-refractivity contribution in [3.8, 4) is 5.69 Å². The van der Waals surface area contributed by atoms with Gasteiger partial charge in [0, 0.05) is 6.20 Å². The standard InChI is InChI=1S/C11H8F3N3O/c12-11(13,14)8-6-17(10(18)16-9(8)15)7-4-2-1-3-5-7/h1-6H,(H2,15,16,18). The Morgan fingerprint density at radius 1 is 1.17 bits per heavy atom. The highest BCUT2D eigenvalue weighted by Gasteiger charge is 2.34. The molecule has 1 aromatic heterocycles. The van der Waals surface area contributed by atoms with Crippen LogP contribution in [0.1, 0.15) is 5.56 Å². The second-order valence-corrected chi connectivity index (χ2v) is 3.53. The maximum Gasteiger partial charge on any atom is 0.421 e. The summed E-state index contributed by atoms with van der Waals surface area (Å²) in [7, 11) is 0. The smallest absolute Gasteiger partial charge is 0.383 e. The molecule has 2 aromatic rings. The Balaban J connectivity index is 2.67. The van der Waals surface area contributed by atoms with Crippen LogP contribution in [0.4, 0.5) is 19.0 Å². The zero-order valence-electron chi connectivity index (χ0n) is 8.98. The summed E-state index contributed by atoms with van der Waals surface area (Å²) in [4.78, 5) is 14.7. The number of rotatable bonds is 1. The maximum atomic E-state index is 12.6. The fraction of sp³-hybridized carbons (Fsp3) is 0.0909. The van der Waals surface area contributed by atoms with Gasteiger partial charge in [-0.2, -0.15) is 18.2 Å². The van der Waals surface area contributed by atoms with Gasteiger partial charge in [0.15, 0.2) is 0 Å². The van der Waals surface area contributed by atoms with Gasteiger partial charge >= 0.3 is 11.9 Å². The Hall–Kier alpha value is -2.31. The molecule has 0 bridgehead atoms. The lowest BCUT2D eigenvalue weighted by atomic mass is 10.2. The van der Waals surface area contributed by atoms with Gasteiger partial charge < -0.3 is 5.73 Å². The molecule has 0 aliphatic heterocycles. The Morgan fingerprint density at radius 3 is 2.33 bits per heavy atom. The van der Waals surface area contributed by atoms with Gasteiger partial charge in [0.1, 0.15) is 11.4 Å². The van der Waals surface area contributed by atoms with Crippen LogP contribution < -0.4 is 11.4 Å². The SMILES string of the molecule is Nc1nc(=O)n(-c2ccccc2)cc1C(F)(F)F. The van der Waals surface area contributed by atoms with E-state index in [2.05, 4.69) is 4.98 Å². The van der Waals surface area contributed by atoms with Crippen LogP contribution in [0.5, 0.6) is 0 Å². The van der Waals surface area contributed by atoms with Crippen molar-refractivity contribution in [3.63, 3.8) is 0 Å². The first-order chi connectivity index (χ1) is 8.39. The van der Waals surface area contributed by atoms with Gasteiger partial charge in [0.2, 0.25) is 0 Å². The summed E-state index contributed by atoms with van der Waals surface area (Å²) in [5, 5.41) is 0. The Kier molecular flexibility index (Phi) is 2.82. The Morgan fingerprint density at radius 2 is 1.78 bits per heavy atom. The number of para-hydroxylation sites is 1. The lowest BCUT2D eigenvalue weighted by Gasteiger charge is -2.12. The van der Waals surface area contributed by atoms with E-state index in [0.29, 0.717) is 11.9 Å². The normalized spacial score (nSPS) is 11.5. The number of nitrogen functional groups attached to an aromatic ring is 1. The highest BCUT2D eigenvalue weighted by atomic mass is 19.4. The molecule has 0 atom stereocenters. The zero-order valence-corrected chi connectivity index (χ0v) is 8.98. The van der Waals surface area contributed by atoms with E-state index >= 15 is 0 Å².